The number of hydrogen-bond acceptors (Lipinski definition) is 3. The van der Waals surface area contributed by atoms with E-state index in [1.165, 1.54) is 0 Å². The summed E-state index contributed by atoms with van der Waals surface area (Å²) in [5.41, 5.74) is 2.00. The minimum atomic E-state index is -0.808. The van der Waals surface area contributed by atoms with Crippen LogP contribution >= 0.6 is 0 Å². The third kappa shape index (κ3) is 4.84. The van der Waals surface area contributed by atoms with Gasteiger partial charge in [0.1, 0.15) is 5.75 Å². The standard InChI is InChI=1S/C17H19NO3/c1-21-16-9-7-14(8-10-16)18-15(12-17(19)20)11-13-5-3-2-4-6-13/h2-10,15,18H,11-12H2,1H3,(H,19,20). The van der Waals surface area contributed by atoms with E-state index in [-0.39, 0.29) is 12.5 Å². The molecule has 0 fully saturated rings. The van der Waals surface area contributed by atoms with Crippen molar-refractivity contribution in [1.29, 1.82) is 0 Å². The van der Waals surface area contributed by atoms with Crippen LogP contribution < -0.4 is 10.1 Å². The smallest absolute Gasteiger partial charge is 0.305 e. The lowest BCUT2D eigenvalue weighted by atomic mass is 10.0. The van der Waals surface area contributed by atoms with E-state index in [1.807, 2.05) is 54.6 Å². The Morgan fingerprint density at radius 2 is 1.81 bits per heavy atom. The number of carboxylic acids is 1. The highest BCUT2D eigenvalue weighted by Gasteiger charge is 2.14. The van der Waals surface area contributed by atoms with Crippen molar-refractivity contribution in [1.82, 2.24) is 0 Å². The second-order valence-corrected chi connectivity index (χ2v) is 4.86. The van der Waals surface area contributed by atoms with Crippen LogP contribution in [0.2, 0.25) is 0 Å². The Morgan fingerprint density at radius 3 is 2.38 bits per heavy atom. The van der Waals surface area contributed by atoms with Crippen LogP contribution in [-0.4, -0.2) is 24.2 Å². The van der Waals surface area contributed by atoms with Crippen molar-refractivity contribution in [2.24, 2.45) is 0 Å². The molecule has 4 heteroatoms. The molecule has 0 amide bonds. The molecule has 110 valence electrons. The first-order valence-corrected chi connectivity index (χ1v) is 6.83. The zero-order valence-corrected chi connectivity index (χ0v) is 12.0. The van der Waals surface area contributed by atoms with Crippen LogP contribution in [0, 0.1) is 0 Å². The molecule has 0 aliphatic carbocycles. The van der Waals surface area contributed by atoms with Crippen LogP contribution in [-0.2, 0) is 11.2 Å². The van der Waals surface area contributed by atoms with Gasteiger partial charge in [0.05, 0.1) is 13.5 Å². The molecule has 0 saturated carbocycles. The molecule has 4 nitrogen and oxygen atoms in total. The molecular formula is C17H19NO3. The van der Waals surface area contributed by atoms with Gasteiger partial charge in [0, 0.05) is 11.7 Å². The number of rotatable bonds is 7. The molecule has 2 N–H and O–H groups in total. The molecule has 0 radical (unpaired) electrons. The van der Waals surface area contributed by atoms with E-state index >= 15 is 0 Å². The summed E-state index contributed by atoms with van der Waals surface area (Å²) in [5.74, 6) is -0.0321. The number of benzene rings is 2. The lowest BCUT2D eigenvalue weighted by molar-refractivity contribution is -0.137. The average molecular weight is 285 g/mol. The molecule has 1 unspecified atom stereocenters. The molecule has 2 aromatic carbocycles. The summed E-state index contributed by atoms with van der Waals surface area (Å²) < 4.78 is 5.11. The van der Waals surface area contributed by atoms with Gasteiger partial charge >= 0.3 is 5.97 Å². The maximum absolute atomic E-state index is 11.0. The van der Waals surface area contributed by atoms with Crippen molar-refractivity contribution in [3.05, 3.63) is 60.2 Å². The fourth-order valence-electron chi connectivity index (χ4n) is 2.21. The van der Waals surface area contributed by atoms with Gasteiger partial charge in [-0.2, -0.15) is 0 Å². The predicted octanol–water partition coefficient (Wildman–Crippen LogP) is 3.19. The van der Waals surface area contributed by atoms with Gasteiger partial charge in [0.2, 0.25) is 0 Å². The first-order valence-electron chi connectivity index (χ1n) is 6.83. The first kappa shape index (κ1) is 14.9. The van der Waals surface area contributed by atoms with Crippen LogP contribution in [0.15, 0.2) is 54.6 Å². The SMILES string of the molecule is COc1ccc(NC(CC(=O)O)Cc2ccccc2)cc1. The van der Waals surface area contributed by atoms with Crippen LogP contribution in [0.1, 0.15) is 12.0 Å². The fourth-order valence-corrected chi connectivity index (χ4v) is 2.21. The number of anilines is 1. The summed E-state index contributed by atoms with van der Waals surface area (Å²) >= 11 is 0. The van der Waals surface area contributed by atoms with Gasteiger partial charge in [-0.25, -0.2) is 0 Å². The molecule has 2 rings (SSSR count). The number of hydrogen-bond donors (Lipinski definition) is 2. The van der Waals surface area contributed by atoms with E-state index in [2.05, 4.69) is 5.32 Å². The number of ether oxygens (including phenoxy) is 1. The Morgan fingerprint density at radius 1 is 1.14 bits per heavy atom. The van der Waals surface area contributed by atoms with Crippen LogP contribution in [0.4, 0.5) is 5.69 Å². The highest BCUT2D eigenvalue weighted by Crippen LogP contribution is 2.18. The third-order valence-electron chi connectivity index (χ3n) is 3.21. The molecule has 0 heterocycles. The molecule has 0 aromatic heterocycles. The summed E-state index contributed by atoms with van der Waals surface area (Å²) in [6.45, 7) is 0. The Labute approximate surface area is 124 Å². The normalized spacial score (nSPS) is 11.7. The summed E-state index contributed by atoms with van der Waals surface area (Å²) in [6.07, 6.45) is 0.736. The van der Waals surface area contributed by atoms with Crippen molar-refractivity contribution >= 4 is 11.7 Å². The van der Waals surface area contributed by atoms with E-state index in [1.54, 1.807) is 7.11 Å². The molecule has 0 saturated heterocycles. The molecule has 2 aromatic rings. The van der Waals surface area contributed by atoms with Gasteiger partial charge in [-0.1, -0.05) is 30.3 Å². The molecule has 21 heavy (non-hydrogen) atoms. The van der Waals surface area contributed by atoms with Crippen molar-refractivity contribution in [3.63, 3.8) is 0 Å². The number of aliphatic carboxylic acids is 1. The summed E-state index contributed by atoms with van der Waals surface area (Å²) in [7, 11) is 1.62. The zero-order valence-electron chi connectivity index (χ0n) is 12.0. The van der Waals surface area contributed by atoms with E-state index in [0.717, 1.165) is 17.0 Å². The number of carboxylic acid groups (broad SMARTS) is 1. The van der Waals surface area contributed by atoms with Gasteiger partial charge in [-0.05, 0) is 36.2 Å². The molecule has 0 aliphatic rings. The Bertz CT molecular complexity index is 566. The topological polar surface area (TPSA) is 58.6 Å². The maximum atomic E-state index is 11.0. The van der Waals surface area contributed by atoms with E-state index < -0.39 is 5.97 Å². The van der Waals surface area contributed by atoms with Crippen molar-refractivity contribution in [3.8, 4) is 5.75 Å². The first-order chi connectivity index (χ1) is 10.2. The largest absolute Gasteiger partial charge is 0.497 e. The van der Waals surface area contributed by atoms with Crippen molar-refractivity contribution in [2.45, 2.75) is 18.9 Å². The average Bonchev–Trinajstić information content (AvgIpc) is 2.48. The quantitative estimate of drug-likeness (QED) is 0.820. The maximum Gasteiger partial charge on any atom is 0.305 e. The van der Waals surface area contributed by atoms with Crippen LogP contribution in [0.25, 0.3) is 0 Å². The summed E-state index contributed by atoms with van der Waals surface area (Å²) in [5, 5.41) is 12.3. The van der Waals surface area contributed by atoms with Gasteiger partial charge in [-0.15, -0.1) is 0 Å². The molecule has 1 atom stereocenters. The Balaban J connectivity index is 2.06. The highest BCUT2D eigenvalue weighted by atomic mass is 16.5. The Kier molecular flexibility index (Phi) is 5.21. The molecule has 0 aliphatic heterocycles. The summed E-state index contributed by atoms with van der Waals surface area (Å²) in [4.78, 5) is 11.0. The second kappa shape index (κ2) is 7.33. The lowest BCUT2D eigenvalue weighted by Crippen LogP contribution is -2.25. The number of methoxy groups -OCH3 is 1. The monoisotopic (exact) mass is 285 g/mol. The van der Waals surface area contributed by atoms with Crippen molar-refractivity contribution in [2.75, 3.05) is 12.4 Å². The number of carbonyl (C=O) groups is 1. The minimum Gasteiger partial charge on any atom is -0.497 e. The molecule has 0 spiro atoms. The third-order valence-corrected chi connectivity index (χ3v) is 3.21. The zero-order chi connectivity index (χ0) is 15.1. The van der Waals surface area contributed by atoms with Crippen LogP contribution in [0.5, 0.6) is 5.75 Å². The second-order valence-electron chi connectivity index (χ2n) is 4.86. The van der Waals surface area contributed by atoms with E-state index in [0.29, 0.717) is 6.42 Å². The molecule has 0 bridgehead atoms. The highest BCUT2D eigenvalue weighted by molar-refractivity contribution is 5.68. The van der Waals surface area contributed by atoms with E-state index in [4.69, 9.17) is 9.84 Å². The summed E-state index contributed by atoms with van der Waals surface area (Å²) in [6, 6.07) is 17.2. The predicted molar refractivity (Wildman–Crippen MR) is 82.8 cm³/mol. The van der Waals surface area contributed by atoms with Gasteiger partial charge < -0.3 is 15.2 Å². The minimum absolute atomic E-state index is 0.0704. The van der Waals surface area contributed by atoms with Crippen LogP contribution in [0.3, 0.4) is 0 Å². The van der Waals surface area contributed by atoms with Gasteiger partial charge in [0.15, 0.2) is 0 Å². The van der Waals surface area contributed by atoms with Crippen molar-refractivity contribution < 1.29 is 14.6 Å². The van der Waals surface area contributed by atoms with Gasteiger partial charge in [-0.3, -0.25) is 4.79 Å². The molecular weight excluding hydrogens is 266 g/mol. The van der Waals surface area contributed by atoms with Gasteiger partial charge in [0.25, 0.3) is 0 Å². The fraction of sp³-hybridized carbons (Fsp3) is 0.235. The number of nitrogens with one attached hydrogen (secondary N) is 1. The van der Waals surface area contributed by atoms with E-state index in [9.17, 15) is 4.79 Å². The Hall–Kier alpha value is -2.49. The lowest BCUT2D eigenvalue weighted by Gasteiger charge is -2.18.